The minimum Gasteiger partial charge on any atom is -0.375 e. The van der Waals surface area contributed by atoms with E-state index in [4.69, 9.17) is 4.74 Å². The molecule has 8 heavy (non-hydrogen) atoms. The van der Waals surface area contributed by atoms with Gasteiger partial charge in [-0.25, -0.2) is 0 Å². The van der Waals surface area contributed by atoms with E-state index in [-0.39, 0.29) is 0 Å². The van der Waals surface area contributed by atoms with E-state index in [0.717, 1.165) is 5.92 Å². The molecular formula is C7H12O. The summed E-state index contributed by atoms with van der Waals surface area (Å²) in [6, 6.07) is 0. The van der Waals surface area contributed by atoms with Gasteiger partial charge in [-0.05, 0) is 18.8 Å². The average molecular weight is 112 g/mol. The van der Waals surface area contributed by atoms with E-state index in [1.807, 2.05) is 0 Å². The summed E-state index contributed by atoms with van der Waals surface area (Å²) in [6.45, 7) is 2.29. The molecule has 0 N–H and O–H groups in total. The van der Waals surface area contributed by atoms with Crippen molar-refractivity contribution >= 4 is 0 Å². The number of rotatable bonds is 0. The molecule has 2 heterocycles. The molecule has 0 radical (unpaired) electrons. The second-order valence-corrected chi connectivity index (χ2v) is 3.09. The van der Waals surface area contributed by atoms with Crippen LogP contribution in [-0.4, -0.2) is 12.2 Å². The zero-order chi connectivity index (χ0) is 5.56. The van der Waals surface area contributed by atoms with Gasteiger partial charge in [0.05, 0.1) is 12.2 Å². The number of hydrogen-bond acceptors (Lipinski definition) is 1. The molecule has 3 rings (SSSR count). The molecule has 1 nitrogen and oxygen atoms in total. The Morgan fingerprint density at radius 3 is 2.38 bits per heavy atom. The van der Waals surface area contributed by atoms with Crippen LogP contribution < -0.4 is 0 Å². The topological polar surface area (TPSA) is 9.23 Å². The van der Waals surface area contributed by atoms with Gasteiger partial charge in [0, 0.05) is 6.42 Å². The summed E-state index contributed by atoms with van der Waals surface area (Å²) in [6.07, 6.45) is 5.37. The Morgan fingerprint density at radius 2 is 2.12 bits per heavy atom. The maximum atomic E-state index is 5.49. The monoisotopic (exact) mass is 112 g/mol. The van der Waals surface area contributed by atoms with Crippen molar-refractivity contribution in [2.45, 2.75) is 38.4 Å². The zero-order valence-corrected chi connectivity index (χ0v) is 5.26. The Morgan fingerprint density at radius 1 is 1.38 bits per heavy atom. The molecule has 1 aliphatic carbocycles. The summed E-state index contributed by atoms with van der Waals surface area (Å²) in [5.74, 6) is 0.847. The molecule has 3 fully saturated rings. The normalized spacial score (nSPS) is 52.9. The van der Waals surface area contributed by atoms with Gasteiger partial charge in [0.15, 0.2) is 0 Å². The molecule has 2 unspecified atom stereocenters. The number of ether oxygens (including phenoxy) is 1. The van der Waals surface area contributed by atoms with Gasteiger partial charge in [-0.2, -0.15) is 0 Å². The molecule has 0 amide bonds. The lowest BCUT2D eigenvalue weighted by molar-refractivity contribution is -0.181. The maximum absolute atomic E-state index is 5.49. The van der Waals surface area contributed by atoms with Gasteiger partial charge in [-0.1, -0.05) is 6.92 Å². The van der Waals surface area contributed by atoms with Gasteiger partial charge in [-0.15, -0.1) is 0 Å². The first-order chi connectivity index (χ1) is 3.86. The molecule has 0 spiro atoms. The van der Waals surface area contributed by atoms with Gasteiger partial charge in [-0.3, -0.25) is 0 Å². The number of hydrogen-bond donors (Lipinski definition) is 0. The standard InChI is InChI=1S/C7H12O/c1-5-2-3-6-4-7(5)8-6/h5-7H,2-4H2,1H3/t5?,6?,7-/m1/s1. The first-order valence-corrected chi connectivity index (χ1v) is 3.52. The van der Waals surface area contributed by atoms with Gasteiger partial charge in [0.1, 0.15) is 0 Å². The third kappa shape index (κ3) is 0.510. The van der Waals surface area contributed by atoms with Gasteiger partial charge in [0.2, 0.25) is 0 Å². The van der Waals surface area contributed by atoms with Crippen molar-refractivity contribution in [1.29, 1.82) is 0 Å². The minimum atomic E-state index is 0.647. The highest BCUT2D eigenvalue weighted by Gasteiger charge is 2.38. The SMILES string of the molecule is CC1CCC2C[C@H]1O2. The molecule has 0 aromatic rings. The van der Waals surface area contributed by atoms with Crippen molar-refractivity contribution in [3.63, 3.8) is 0 Å². The van der Waals surface area contributed by atoms with Crippen molar-refractivity contribution in [3.8, 4) is 0 Å². The van der Waals surface area contributed by atoms with Crippen LogP contribution in [0.1, 0.15) is 26.2 Å². The van der Waals surface area contributed by atoms with Crippen LogP contribution in [0.2, 0.25) is 0 Å². The highest BCUT2D eigenvalue weighted by molar-refractivity contribution is 4.87. The Kier molecular flexibility index (Phi) is 0.884. The van der Waals surface area contributed by atoms with Crippen LogP contribution in [0.5, 0.6) is 0 Å². The van der Waals surface area contributed by atoms with Crippen LogP contribution in [0.25, 0.3) is 0 Å². The molecule has 1 saturated carbocycles. The van der Waals surface area contributed by atoms with Gasteiger partial charge >= 0.3 is 0 Å². The predicted molar refractivity (Wildman–Crippen MR) is 31.7 cm³/mol. The first kappa shape index (κ1) is 4.80. The van der Waals surface area contributed by atoms with Crippen LogP contribution in [0.3, 0.4) is 0 Å². The van der Waals surface area contributed by atoms with Crippen molar-refractivity contribution in [2.75, 3.05) is 0 Å². The fourth-order valence-electron chi connectivity index (χ4n) is 1.68. The Hall–Kier alpha value is -0.0400. The van der Waals surface area contributed by atoms with E-state index in [9.17, 15) is 0 Å². The smallest absolute Gasteiger partial charge is 0.0629 e. The summed E-state index contributed by atoms with van der Waals surface area (Å²) >= 11 is 0. The molecule has 2 saturated heterocycles. The first-order valence-electron chi connectivity index (χ1n) is 3.52. The Balaban J connectivity index is 2.01. The lowest BCUT2D eigenvalue weighted by Crippen LogP contribution is -2.46. The third-order valence-electron chi connectivity index (χ3n) is 2.44. The highest BCUT2D eigenvalue weighted by Crippen LogP contribution is 2.38. The predicted octanol–water partition coefficient (Wildman–Crippen LogP) is 1.57. The van der Waals surface area contributed by atoms with E-state index in [0.29, 0.717) is 12.2 Å². The van der Waals surface area contributed by atoms with Crippen molar-refractivity contribution in [3.05, 3.63) is 0 Å². The maximum Gasteiger partial charge on any atom is 0.0629 e. The summed E-state index contributed by atoms with van der Waals surface area (Å²) in [5.41, 5.74) is 0. The van der Waals surface area contributed by atoms with Crippen LogP contribution >= 0.6 is 0 Å². The van der Waals surface area contributed by atoms with Gasteiger partial charge < -0.3 is 4.74 Å². The molecule has 3 aliphatic rings. The number of fused-ring (bicyclic) bond motifs is 2. The lowest BCUT2D eigenvalue weighted by Gasteiger charge is -2.45. The molecule has 46 valence electrons. The van der Waals surface area contributed by atoms with Crippen LogP contribution in [0, 0.1) is 5.92 Å². The molecule has 0 aromatic heterocycles. The van der Waals surface area contributed by atoms with Crippen molar-refractivity contribution < 1.29 is 4.74 Å². The second kappa shape index (κ2) is 1.47. The van der Waals surface area contributed by atoms with E-state index < -0.39 is 0 Å². The summed E-state index contributed by atoms with van der Waals surface area (Å²) in [5, 5.41) is 0. The lowest BCUT2D eigenvalue weighted by atomic mass is 9.81. The Labute approximate surface area is 50.0 Å². The minimum absolute atomic E-state index is 0.647. The van der Waals surface area contributed by atoms with E-state index in [1.165, 1.54) is 19.3 Å². The van der Waals surface area contributed by atoms with Crippen molar-refractivity contribution in [2.24, 2.45) is 5.92 Å². The molecule has 0 aromatic carbocycles. The molecule has 2 bridgehead atoms. The summed E-state index contributed by atoms with van der Waals surface area (Å²) < 4.78 is 5.49. The van der Waals surface area contributed by atoms with E-state index in [2.05, 4.69) is 6.92 Å². The summed E-state index contributed by atoms with van der Waals surface area (Å²) in [7, 11) is 0. The average Bonchev–Trinajstić information content (AvgIpc) is 1.62. The molecular weight excluding hydrogens is 100 g/mol. The van der Waals surface area contributed by atoms with Crippen LogP contribution in [0.15, 0.2) is 0 Å². The third-order valence-corrected chi connectivity index (χ3v) is 2.44. The second-order valence-electron chi connectivity index (χ2n) is 3.09. The molecule has 3 atom stereocenters. The van der Waals surface area contributed by atoms with Crippen LogP contribution in [-0.2, 0) is 4.74 Å². The van der Waals surface area contributed by atoms with Gasteiger partial charge in [0.25, 0.3) is 0 Å². The molecule has 1 heteroatoms. The fraction of sp³-hybridized carbons (Fsp3) is 1.00. The quantitative estimate of drug-likeness (QED) is 0.462. The fourth-order valence-corrected chi connectivity index (χ4v) is 1.68. The van der Waals surface area contributed by atoms with Crippen molar-refractivity contribution in [1.82, 2.24) is 0 Å². The van der Waals surface area contributed by atoms with E-state index in [1.54, 1.807) is 0 Å². The van der Waals surface area contributed by atoms with E-state index >= 15 is 0 Å². The Bertz CT molecular complexity index is 89.1. The zero-order valence-electron chi connectivity index (χ0n) is 5.26. The van der Waals surface area contributed by atoms with Crippen LogP contribution in [0.4, 0.5) is 0 Å². The molecule has 2 aliphatic heterocycles. The summed E-state index contributed by atoms with van der Waals surface area (Å²) in [4.78, 5) is 0. The largest absolute Gasteiger partial charge is 0.375 e. The highest BCUT2D eigenvalue weighted by atomic mass is 16.5.